The third kappa shape index (κ3) is 2.33. The van der Waals surface area contributed by atoms with Gasteiger partial charge in [0.1, 0.15) is 23.5 Å². The number of aromatic amines is 1. The van der Waals surface area contributed by atoms with Crippen LogP contribution in [0.2, 0.25) is 0 Å². The van der Waals surface area contributed by atoms with Crippen LogP contribution >= 0.6 is 0 Å². The van der Waals surface area contributed by atoms with Crippen LogP contribution in [0.3, 0.4) is 0 Å². The van der Waals surface area contributed by atoms with Crippen molar-refractivity contribution in [3.63, 3.8) is 0 Å². The van der Waals surface area contributed by atoms with E-state index in [-0.39, 0.29) is 5.69 Å². The highest BCUT2D eigenvalue weighted by Crippen LogP contribution is 2.25. The van der Waals surface area contributed by atoms with Gasteiger partial charge in [0.25, 0.3) is 0 Å². The summed E-state index contributed by atoms with van der Waals surface area (Å²) in [6.07, 6.45) is 2.50. The van der Waals surface area contributed by atoms with Gasteiger partial charge in [-0.05, 0) is 24.3 Å². The topological polar surface area (TPSA) is 141 Å². The molecule has 0 amide bonds. The minimum atomic E-state index is -1.07. The lowest BCUT2D eigenvalue weighted by molar-refractivity contribution is 0.0691. The maximum absolute atomic E-state index is 11.0. The Morgan fingerprint density at radius 1 is 1.36 bits per heavy atom. The molecule has 0 saturated carbocycles. The van der Waals surface area contributed by atoms with E-state index in [1.54, 1.807) is 18.2 Å². The summed E-state index contributed by atoms with van der Waals surface area (Å²) in [5, 5.41) is 20.0. The summed E-state index contributed by atoms with van der Waals surface area (Å²) in [7, 11) is 0. The summed E-state index contributed by atoms with van der Waals surface area (Å²) < 4.78 is 0. The van der Waals surface area contributed by atoms with Crippen LogP contribution in [0.5, 0.6) is 0 Å². The van der Waals surface area contributed by atoms with Crippen LogP contribution in [0.1, 0.15) is 16.1 Å². The zero-order chi connectivity index (χ0) is 15.7. The number of aromatic nitrogens is 3. The van der Waals surface area contributed by atoms with Crippen LogP contribution in [0.25, 0.3) is 11.0 Å². The van der Waals surface area contributed by atoms with Gasteiger partial charge in [-0.3, -0.25) is 0 Å². The van der Waals surface area contributed by atoms with Crippen LogP contribution in [-0.2, 0) is 0 Å². The van der Waals surface area contributed by atoms with E-state index >= 15 is 0 Å². The maximum Gasteiger partial charge on any atom is 0.352 e. The number of nitrogen functional groups attached to an aromatic ring is 1. The normalized spacial score (nSPS) is 10.5. The van der Waals surface area contributed by atoms with Gasteiger partial charge in [-0.2, -0.15) is 0 Å². The third-order valence-electron chi connectivity index (χ3n) is 3.16. The van der Waals surface area contributed by atoms with Gasteiger partial charge in [-0.25, -0.2) is 14.8 Å². The Balaban J connectivity index is 2.03. The molecule has 110 valence electrons. The molecule has 2 aromatic heterocycles. The number of H-pyrrole nitrogens is 1. The molecule has 1 aromatic carbocycles. The van der Waals surface area contributed by atoms with Crippen molar-refractivity contribution < 1.29 is 9.90 Å². The van der Waals surface area contributed by atoms with Gasteiger partial charge in [-0.15, -0.1) is 0 Å². The summed E-state index contributed by atoms with van der Waals surface area (Å²) in [5.74, 6) is -0.600. The number of carboxylic acids is 1. The molecule has 0 aliphatic rings. The fraction of sp³-hybridized carbons (Fsp3) is 0. The number of rotatable bonds is 4. The molecule has 3 aromatic rings. The fourth-order valence-electron chi connectivity index (χ4n) is 2.07. The molecule has 2 heterocycles. The highest BCUT2D eigenvalue weighted by molar-refractivity contribution is 5.97. The molecule has 8 heteroatoms. The van der Waals surface area contributed by atoms with Crippen LogP contribution in [-0.4, -0.2) is 32.2 Å². The zero-order valence-corrected chi connectivity index (χ0v) is 11.3. The standard InChI is InChI=1S/C14H12N6O2/c15-5-7-3-8(1-2-10(7)16)19-12-9-4-11(14(21)22)20-13(9)18-6-17-12/h1-6,15H,16H2,(H,21,22)(H2,17,18,19,20). The average Bonchev–Trinajstić information content (AvgIpc) is 2.94. The van der Waals surface area contributed by atoms with Crippen molar-refractivity contribution in [3.8, 4) is 0 Å². The van der Waals surface area contributed by atoms with Crippen molar-refractivity contribution in [3.05, 3.63) is 41.9 Å². The molecular formula is C14H12N6O2. The second-order valence-corrected chi connectivity index (χ2v) is 4.59. The van der Waals surface area contributed by atoms with Crippen molar-refractivity contribution in [1.82, 2.24) is 15.0 Å². The molecule has 0 radical (unpaired) electrons. The number of hydrogen-bond donors (Lipinski definition) is 5. The van der Waals surface area contributed by atoms with Crippen molar-refractivity contribution in [1.29, 1.82) is 5.41 Å². The fourth-order valence-corrected chi connectivity index (χ4v) is 2.07. The summed E-state index contributed by atoms with van der Waals surface area (Å²) in [6.45, 7) is 0. The maximum atomic E-state index is 11.0. The number of fused-ring (bicyclic) bond motifs is 1. The average molecular weight is 296 g/mol. The SMILES string of the molecule is N=Cc1cc(Nc2ncnc3[nH]c(C(=O)O)cc23)ccc1N. The second-order valence-electron chi connectivity index (χ2n) is 4.59. The van der Waals surface area contributed by atoms with Crippen molar-refractivity contribution >= 4 is 40.4 Å². The number of carboxylic acid groups (broad SMARTS) is 1. The van der Waals surface area contributed by atoms with Crippen molar-refractivity contribution in [2.24, 2.45) is 0 Å². The van der Waals surface area contributed by atoms with Gasteiger partial charge in [0, 0.05) is 23.2 Å². The lowest BCUT2D eigenvalue weighted by Gasteiger charge is -2.08. The highest BCUT2D eigenvalue weighted by Gasteiger charge is 2.12. The molecule has 0 atom stereocenters. The summed E-state index contributed by atoms with van der Waals surface area (Å²) >= 11 is 0. The number of hydrogen-bond acceptors (Lipinski definition) is 6. The van der Waals surface area contributed by atoms with E-state index in [2.05, 4.69) is 20.3 Å². The van der Waals surface area contributed by atoms with Crippen LogP contribution in [0, 0.1) is 5.41 Å². The molecule has 0 aliphatic carbocycles. The highest BCUT2D eigenvalue weighted by atomic mass is 16.4. The molecule has 6 N–H and O–H groups in total. The smallest absolute Gasteiger partial charge is 0.352 e. The Labute approximate surface area is 124 Å². The molecule has 0 fully saturated rings. The number of anilines is 3. The van der Waals surface area contributed by atoms with E-state index in [0.29, 0.717) is 33.8 Å². The van der Waals surface area contributed by atoms with Crippen molar-refractivity contribution in [2.75, 3.05) is 11.1 Å². The van der Waals surface area contributed by atoms with Crippen LogP contribution < -0.4 is 11.1 Å². The molecule has 0 bridgehead atoms. The summed E-state index contributed by atoms with van der Waals surface area (Å²) in [5.41, 5.74) is 7.98. The second kappa shape index (κ2) is 5.17. The first-order valence-electron chi connectivity index (χ1n) is 6.32. The first kappa shape index (κ1) is 13.6. The van der Waals surface area contributed by atoms with Gasteiger partial charge >= 0.3 is 5.97 Å². The molecule has 3 rings (SSSR count). The minimum absolute atomic E-state index is 0.0380. The Kier molecular flexibility index (Phi) is 3.18. The quantitative estimate of drug-likeness (QED) is 0.368. The third-order valence-corrected chi connectivity index (χ3v) is 3.16. The van der Waals surface area contributed by atoms with Crippen LogP contribution in [0.15, 0.2) is 30.6 Å². The van der Waals surface area contributed by atoms with Gasteiger partial charge in [0.2, 0.25) is 0 Å². The van der Waals surface area contributed by atoms with Gasteiger partial charge in [-0.1, -0.05) is 0 Å². The number of nitrogens with one attached hydrogen (secondary N) is 3. The van der Waals surface area contributed by atoms with E-state index < -0.39 is 5.97 Å². The predicted octanol–water partition coefficient (Wildman–Crippen LogP) is 1.98. The number of nitrogens with zero attached hydrogens (tertiary/aromatic N) is 2. The lowest BCUT2D eigenvalue weighted by atomic mass is 10.1. The van der Waals surface area contributed by atoms with E-state index in [9.17, 15) is 4.79 Å². The van der Waals surface area contributed by atoms with E-state index in [4.69, 9.17) is 16.2 Å². The molecule has 0 saturated heterocycles. The van der Waals surface area contributed by atoms with Gasteiger partial charge < -0.3 is 26.6 Å². The predicted molar refractivity (Wildman–Crippen MR) is 82.9 cm³/mol. The molecule has 22 heavy (non-hydrogen) atoms. The summed E-state index contributed by atoms with van der Waals surface area (Å²) in [4.78, 5) is 21.9. The monoisotopic (exact) mass is 296 g/mol. The summed E-state index contributed by atoms with van der Waals surface area (Å²) in [6, 6.07) is 6.61. The zero-order valence-electron chi connectivity index (χ0n) is 11.3. The first-order chi connectivity index (χ1) is 10.6. The Hall–Kier alpha value is -3.42. The number of carbonyl (C=O) groups is 1. The Morgan fingerprint density at radius 2 is 2.18 bits per heavy atom. The Bertz CT molecular complexity index is 886. The van der Waals surface area contributed by atoms with Crippen molar-refractivity contribution in [2.45, 2.75) is 0 Å². The van der Waals surface area contributed by atoms with E-state index in [1.807, 2.05) is 0 Å². The number of aromatic carboxylic acids is 1. The molecule has 0 unspecified atom stereocenters. The van der Waals surface area contributed by atoms with Crippen LogP contribution in [0.4, 0.5) is 17.2 Å². The van der Waals surface area contributed by atoms with E-state index in [0.717, 1.165) is 6.21 Å². The largest absolute Gasteiger partial charge is 0.477 e. The first-order valence-corrected chi connectivity index (χ1v) is 6.32. The molecule has 0 spiro atoms. The lowest BCUT2D eigenvalue weighted by Crippen LogP contribution is -1.98. The molecular weight excluding hydrogens is 284 g/mol. The number of nitrogens with two attached hydrogens (primary N) is 1. The van der Waals surface area contributed by atoms with Gasteiger partial charge in [0.15, 0.2) is 0 Å². The van der Waals surface area contributed by atoms with Gasteiger partial charge in [0.05, 0.1) is 5.39 Å². The molecule has 8 nitrogen and oxygen atoms in total. The minimum Gasteiger partial charge on any atom is -0.477 e. The number of benzene rings is 1. The molecule has 0 aliphatic heterocycles. The Morgan fingerprint density at radius 3 is 2.91 bits per heavy atom. The van der Waals surface area contributed by atoms with E-state index in [1.165, 1.54) is 12.4 Å².